The van der Waals surface area contributed by atoms with E-state index in [9.17, 15) is 0 Å². The summed E-state index contributed by atoms with van der Waals surface area (Å²) in [5.74, 6) is 6.34. The van der Waals surface area contributed by atoms with E-state index in [1.54, 1.807) is 0 Å². The Hall–Kier alpha value is -1.54. The average molecular weight is 289 g/mol. The smallest absolute Gasteiger partial charge is 0.119 e. The van der Waals surface area contributed by atoms with Gasteiger partial charge >= 0.3 is 0 Å². The predicted octanol–water partition coefficient (Wildman–Crippen LogP) is 1.52. The summed E-state index contributed by atoms with van der Waals surface area (Å²) in [6.07, 6.45) is 1.39. The van der Waals surface area contributed by atoms with Gasteiger partial charge in [-0.2, -0.15) is 0 Å². The zero-order valence-electron chi connectivity index (χ0n) is 12.5. The molecule has 0 amide bonds. The summed E-state index contributed by atoms with van der Waals surface area (Å²) in [6.45, 7) is 6.49. The third-order valence-corrected chi connectivity index (χ3v) is 3.38. The fourth-order valence-corrected chi connectivity index (χ4v) is 2.35. The maximum atomic E-state index is 8.65. The third kappa shape index (κ3) is 5.76. The Morgan fingerprint density at radius 2 is 2.19 bits per heavy atom. The Morgan fingerprint density at radius 3 is 2.95 bits per heavy atom. The molecule has 1 aliphatic heterocycles. The van der Waals surface area contributed by atoms with E-state index in [2.05, 4.69) is 23.7 Å². The Kier molecular flexibility index (Phi) is 6.55. The molecule has 1 saturated heterocycles. The highest BCUT2D eigenvalue weighted by Gasteiger charge is 2.14. The second-order valence-electron chi connectivity index (χ2n) is 5.17. The van der Waals surface area contributed by atoms with Gasteiger partial charge in [-0.3, -0.25) is 4.90 Å². The van der Waals surface area contributed by atoms with Crippen molar-refractivity contribution in [2.24, 2.45) is 0 Å². The molecule has 0 aliphatic carbocycles. The van der Waals surface area contributed by atoms with Crippen molar-refractivity contribution in [3.8, 4) is 17.6 Å². The van der Waals surface area contributed by atoms with Gasteiger partial charge in [-0.25, -0.2) is 0 Å². The summed E-state index contributed by atoms with van der Waals surface area (Å²) in [4.78, 5) is 2.39. The van der Waals surface area contributed by atoms with Crippen LogP contribution in [0.3, 0.4) is 0 Å². The summed E-state index contributed by atoms with van der Waals surface area (Å²) >= 11 is 0. The van der Waals surface area contributed by atoms with Gasteiger partial charge in [-0.15, -0.1) is 0 Å². The Morgan fingerprint density at radius 1 is 1.38 bits per heavy atom. The normalized spacial score (nSPS) is 19.4. The molecule has 0 radical (unpaired) electrons. The maximum Gasteiger partial charge on any atom is 0.119 e. The van der Waals surface area contributed by atoms with E-state index in [4.69, 9.17) is 14.6 Å². The van der Waals surface area contributed by atoms with Crippen molar-refractivity contribution in [1.29, 1.82) is 0 Å². The molecule has 1 fully saturated rings. The fraction of sp³-hybridized carbons (Fsp3) is 0.529. The molecule has 114 valence electrons. The lowest BCUT2D eigenvalue weighted by Gasteiger charge is -2.21. The standard InChI is InChI=1S/C17H23NO3/c1-15-14-18(9-3-12-20-15)10-13-21-17-7-5-16(6-8-17)4-2-11-19/h5-8,15,19H,3,9-14H2,1H3. The molecule has 1 N–H and O–H groups in total. The van der Waals surface area contributed by atoms with Crippen molar-refractivity contribution in [3.63, 3.8) is 0 Å². The molecule has 1 aromatic carbocycles. The topological polar surface area (TPSA) is 41.9 Å². The van der Waals surface area contributed by atoms with Gasteiger partial charge < -0.3 is 14.6 Å². The average Bonchev–Trinajstić information content (AvgIpc) is 2.71. The summed E-state index contributed by atoms with van der Waals surface area (Å²) in [6, 6.07) is 7.63. The highest BCUT2D eigenvalue weighted by Crippen LogP contribution is 2.12. The van der Waals surface area contributed by atoms with Crippen LogP contribution in [0.2, 0.25) is 0 Å². The van der Waals surface area contributed by atoms with Crippen molar-refractivity contribution >= 4 is 0 Å². The number of hydrogen-bond acceptors (Lipinski definition) is 4. The second-order valence-corrected chi connectivity index (χ2v) is 5.17. The first-order chi connectivity index (χ1) is 10.3. The van der Waals surface area contributed by atoms with Crippen LogP contribution in [-0.2, 0) is 4.74 Å². The number of aliphatic hydroxyl groups is 1. The minimum absolute atomic E-state index is 0.115. The summed E-state index contributed by atoms with van der Waals surface area (Å²) in [5.41, 5.74) is 0.884. The van der Waals surface area contributed by atoms with E-state index in [0.29, 0.717) is 12.7 Å². The molecule has 0 bridgehead atoms. The monoisotopic (exact) mass is 289 g/mol. The van der Waals surface area contributed by atoms with Crippen LogP contribution in [0.25, 0.3) is 0 Å². The van der Waals surface area contributed by atoms with Crippen LogP contribution in [0.1, 0.15) is 18.9 Å². The molecule has 0 aromatic heterocycles. The maximum absolute atomic E-state index is 8.65. The van der Waals surface area contributed by atoms with Gasteiger partial charge in [0.15, 0.2) is 0 Å². The number of rotatable bonds is 4. The molecule has 4 nitrogen and oxygen atoms in total. The molecular formula is C17H23NO3. The number of nitrogens with zero attached hydrogens (tertiary/aromatic N) is 1. The van der Waals surface area contributed by atoms with Crippen molar-refractivity contribution < 1.29 is 14.6 Å². The minimum Gasteiger partial charge on any atom is -0.492 e. The quantitative estimate of drug-likeness (QED) is 0.853. The molecule has 1 aromatic rings. The number of ether oxygens (including phenoxy) is 2. The van der Waals surface area contributed by atoms with Gasteiger partial charge in [0.25, 0.3) is 0 Å². The largest absolute Gasteiger partial charge is 0.492 e. The van der Waals surface area contributed by atoms with Crippen LogP contribution in [0, 0.1) is 11.8 Å². The van der Waals surface area contributed by atoms with E-state index in [-0.39, 0.29) is 6.61 Å². The molecule has 0 saturated carbocycles. The van der Waals surface area contributed by atoms with E-state index < -0.39 is 0 Å². The number of benzene rings is 1. The van der Waals surface area contributed by atoms with Gasteiger partial charge in [0.2, 0.25) is 0 Å². The fourth-order valence-electron chi connectivity index (χ4n) is 2.35. The lowest BCUT2D eigenvalue weighted by atomic mass is 10.2. The summed E-state index contributed by atoms with van der Waals surface area (Å²) in [5, 5.41) is 8.65. The van der Waals surface area contributed by atoms with Gasteiger partial charge in [-0.05, 0) is 37.6 Å². The van der Waals surface area contributed by atoms with E-state index in [1.165, 1.54) is 0 Å². The van der Waals surface area contributed by atoms with Crippen molar-refractivity contribution in [1.82, 2.24) is 4.90 Å². The first kappa shape index (κ1) is 15.8. The van der Waals surface area contributed by atoms with E-state index in [0.717, 1.165) is 44.0 Å². The van der Waals surface area contributed by atoms with Crippen LogP contribution in [0.5, 0.6) is 5.75 Å². The molecule has 1 heterocycles. The lowest BCUT2D eigenvalue weighted by molar-refractivity contribution is 0.0658. The molecule has 1 unspecified atom stereocenters. The zero-order valence-corrected chi connectivity index (χ0v) is 12.5. The van der Waals surface area contributed by atoms with Gasteiger partial charge in [-0.1, -0.05) is 11.8 Å². The van der Waals surface area contributed by atoms with E-state index in [1.807, 2.05) is 24.3 Å². The predicted molar refractivity (Wildman–Crippen MR) is 82.4 cm³/mol. The SMILES string of the molecule is CC1CN(CCOc2ccc(C#CCO)cc2)CCCO1. The second kappa shape index (κ2) is 8.68. The first-order valence-electron chi connectivity index (χ1n) is 7.44. The number of aliphatic hydroxyl groups excluding tert-OH is 1. The Labute approximate surface area is 126 Å². The van der Waals surface area contributed by atoms with Crippen LogP contribution in [0.4, 0.5) is 0 Å². The lowest BCUT2D eigenvalue weighted by Crippen LogP contribution is -2.33. The zero-order chi connectivity index (χ0) is 14.9. The van der Waals surface area contributed by atoms with Crippen LogP contribution in [-0.4, -0.2) is 55.6 Å². The van der Waals surface area contributed by atoms with E-state index >= 15 is 0 Å². The summed E-state index contributed by atoms with van der Waals surface area (Å²) in [7, 11) is 0. The molecule has 1 atom stereocenters. The third-order valence-electron chi connectivity index (χ3n) is 3.38. The van der Waals surface area contributed by atoms with Gasteiger partial charge in [0, 0.05) is 31.8 Å². The van der Waals surface area contributed by atoms with Crippen molar-refractivity contribution in [3.05, 3.63) is 29.8 Å². The van der Waals surface area contributed by atoms with Crippen molar-refractivity contribution in [2.45, 2.75) is 19.4 Å². The Bertz CT molecular complexity index is 475. The first-order valence-corrected chi connectivity index (χ1v) is 7.44. The molecule has 2 rings (SSSR count). The molecule has 21 heavy (non-hydrogen) atoms. The molecule has 4 heteroatoms. The summed E-state index contributed by atoms with van der Waals surface area (Å²) < 4.78 is 11.4. The van der Waals surface area contributed by atoms with Crippen LogP contribution >= 0.6 is 0 Å². The highest BCUT2D eigenvalue weighted by atomic mass is 16.5. The Balaban J connectivity index is 1.75. The minimum atomic E-state index is -0.115. The van der Waals surface area contributed by atoms with Crippen LogP contribution in [0.15, 0.2) is 24.3 Å². The van der Waals surface area contributed by atoms with Crippen LogP contribution < -0.4 is 4.74 Å². The molecule has 0 spiro atoms. The molecular weight excluding hydrogens is 266 g/mol. The van der Waals surface area contributed by atoms with Crippen molar-refractivity contribution in [2.75, 3.05) is 39.5 Å². The van der Waals surface area contributed by atoms with Gasteiger partial charge in [0.1, 0.15) is 19.0 Å². The number of hydrogen-bond donors (Lipinski definition) is 1. The highest BCUT2D eigenvalue weighted by molar-refractivity contribution is 5.38. The molecule has 1 aliphatic rings. The van der Waals surface area contributed by atoms with Gasteiger partial charge in [0.05, 0.1) is 6.10 Å².